The average Bonchev–Trinajstić information content (AvgIpc) is 2.39. The van der Waals surface area contributed by atoms with Gasteiger partial charge in [-0.2, -0.15) is 0 Å². The molecule has 0 aromatic heterocycles. The van der Waals surface area contributed by atoms with Crippen LogP contribution < -0.4 is 11.1 Å². The molecule has 1 aliphatic rings. The molecule has 1 saturated carbocycles. The van der Waals surface area contributed by atoms with Gasteiger partial charge in [0.1, 0.15) is 11.6 Å². The zero-order chi connectivity index (χ0) is 13.8. The third-order valence-electron chi connectivity index (χ3n) is 3.70. The number of carbonyl (C=O) groups is 1. The first kappa shape index (κ1) is 16.9. The van der Waals surface area contributed by atoms with Gasteiger partial charge in [-0.15, -0.1) is 12.4 Å². The Morgan fingerprint density at radius 3 is 2.65 bits per heavy atom. The van der Waals surface area contributed by atoms with Crippen LogP contribution in [0, 0.1) is 17.6 Å². The Hall–Kier alpha value is -1.20. The van der Waals surface area contributed by atoms with Crippen LogP contribution in [-0.2, 0) is 0 Å². The molecular formula is C14H19ClF2N2O. The van der Waals surface area contributed by atoms with Crippen LogP contribution in [0.4, 0.5) is 8.78 Å². The first-order chi connectivity index (χ1) is 9.11. The predicted octanol–water partition coefficient (Wildman–Crippen LogP) is 2.63. The van der Waals surface area contributed by atoms with Crippen LogP contribution in [0.5, 0.6) is 0 Å². The molecular weight excluding hydrogens is 286 g/mol. The summed E-state index contributed by atoms with van der Waals surface area (Å²) in [7, 11) is 0. The molecule has 0 spiro atoms. The Morgan fingerprint density at radius 2 is 2.00 bits per heavy atom. The van der Waals surface area contributed by atoms with Crippen molar-refractivity contribution in [3.8, 4) is 0 Å². The second kappa shape index (κ2) is 7.55. The molecule has 2 atom stereocenters. The van der Waals surface area contributed by atoms with Crippen molar-refractivity contribution in [2.45, 2.75) is 31.7 Å². The first-order valence-corrected chi connectivity index (χ1v) is 6.58. The fourth-order valence-corrected chi connectivity index (χ4v) is 2.60. The molecule has 0 saturated heterocycles. The van der Waals surface area contributed by atoms with Gasteiger partial charge in [-0.1, -0.05) is 12.8 Å². The third kappa shape index (κ3) is 3.90. The molecule has 0 aliphatic heterocycles. The van der Waals surface area contributed by atoms with Crippen molar-refractivity contribution in [3.63, 3.8) is 0 Å². The van der Waals surface area contributed by atoms with Gasteiger partial charge >= 0.3 is 0 Å². The summed E-state index contributed by atoms with van der Waals surface area (Å²) in [6, 6.07) is 2.95. The number of rotatable bonds is 3. The molecule has 2 rings (SSSR count). The van der Waals surface area contributed by atoms with E-state index in [0.717, 1.165) is 37.8 Å². The number of carbonyl (C=O) groups excluding carboxylic acids is 1. The number of nitrogens with one attached hydrogen (secondary N) is 1. The smallest absolute Gasteiger partial charge is 0.254 e. The normalized spacial score (nSPS) is 21.9. The van der Waals surface area contributed by atoms with E-state index in [0.29, 0.717) is 6.54 Å². The van der Waals surface area contributed by atoms with Crippen LogP contribution in [0.1, 0.15) is 36.0 Å². The van der Waals surface area contributed by atoms with E-state index in [1.807, 2.05) is 0 Å². The van der Waals surface area contributed by atoms with E-state index in [4.69, 9.17) is 5.73 Å². The Bertz CT molecular complexity index is 470. The highest BCUT2D eigenvalue weighted by atomic mass is 35.5. The van der Waals surface area contributed by atoms with E-state index < -0.39 is 17.5 Å². The maximum atomic E-state index is 13.5. The molecule has 2 unspecified atom stereocenters. The van der Waals surface area contributed by atoms with Crippen molar-refractivity contribution in [2.75, 3.05) is 6.54 Å². The first-order valence-electron chi connectivity index (χ1n) is 6.58. The van der Waals surface area contributed by atoms with Gasteiger partial charge in [0.05, 0.1) is 5.56 Å². The molecule has 6 heteroatoms. The lowest BCUT2D eigenvalue weighted by molar-refractivity contribution is 0.0904. The number of benzene rings is 1. The number of hydrogen-bond donors (Lipinski definition) is 2. The van der Waals surface area contributed by atoms with E-state index in [9.17, 15) is 13.6 Å². The second-order valence-corrected chi connectivity index (χ2v) is 4.98. The molecule has 1 aromatic carbocycles. The lowest BCUT2D eigenvalue weighted by Gasteiger charge is -2.31. The number of halogens is 3. The van der Waals surface area contributed by atoms with Crippen LogP contribution in [0.3, 0.4) is 0 Å². The monoisotopic (exact) mass is 304 g/mol. The van der Waals surface area contributed by atoms with Gasteiger partial charge in [-0.05, 0) is 37.4 Å². The molecule has 0 bridgehead atoms. The SMILES string of the molecule is Cl.NCC1CCCCC1NC(=O)c1ccc(F)cc1F. The van der Waals surface area contributed by atoms with Crippen LogP contribution in [0.25, 0.3) is 0 Å². The van der Waals surface area contributed by atoms with Gasteiger partial charge in [0.25, 0.3) is 5.91 Å². The van der Waals surface area contributed by atoms with Crippen LogP contribution in [0.15, 0.2) is 18.2 Å². The summed E-state index contributed by atoms with van der Waals surface area (Å²) in [6.45, 7) is 0.511. The van der Waals surface area contributed by atoms with E-state index in [1.54, 1.807) is 0 Å². The molecule has 3 nitrogen and oxygen atoms in total. The highest BCUT2D eigenvalue weighted by Gasteiger charge is 2.26. The van der Waals surface area contributed by atoms with Gasteiger partial charge in [0.2, 0.25) is 0 Å². The molecule has 112 valence electrons. The summed E-state index contributed by atoms with van der Waals surface area (Å²) in [5, 5.41) is 2.82. The van der Waals surface area contributed by atoms with E-state index >= 15 is 0 Å². The van der Waals surface area contributed by atoms with Gasteiger partial charge < -0.3 is 11.1 Å². The van der Waals surface area contributed by atoms with E-state index in [2.05, 4.69) is 5.32 Å². The molecule has 0 heterocycles. The van der Waals surface area contributed by atoms with Gasteiger partial charge in [-0.3, -0.25) is 4.79 Å². The van der Waals surface area contributed by atoms with Crippen LogP contribution in [-0.4, -0.2) is 18.5 Å². The van der Waals surface area contributed by atoms with Crippen molar-refractivity contribution in [1.82, 2.24) is 5.32 Å². The van der Waals surface area contributed by atoms with Crippen molar-refractivity contribution >= 4 is 18.3 Å². The molecule has 1 aromatic rings. The van der Waals surface area contributed by atoms with Gasteiger partial charge in [0.15, 0.2) is 0 Å². The zero-order valence-electron chi connectivity index (χ0n) is 11.1. The molecule has 1 fully saturated rings. The van der Waals surface area contributed by atoms with Crippen molar-refractivity contribution in [2.24, 2.45) is 11.7 Å². The number of amides is 1. The van der Waals surface area contributed by atoms with Crippen molar-refractivity contribution < 1.29 is 13.6 Å². The topological polar surface area (TPSA) is 55.1 Å². The predicted molar refractivity (Wildman–Crippen MR) is 75.9 cm³/mol. The lowest BCUT2D eigenvalue weighted by atomic mass is 9.84. The number of nitrogens with two attached hydrogens (primary N) is 1. The van der Waals surface area contributed by atoms with Crippen LogP contribution >= 0.6 is 12.4 Å². The zero-order valence-corrected chi connectivity index (χ0v) is 11.9. The Kier molecular flexibility index (Phi) is 6.36. The standard InChI is InChI=1S/C14H18F2N2O.ClH/c15-10-5-6-11(12(16)7-10)14(19)18-13-4-2-1-3-9(13)8-17;/h5-7,9,13H,1-4,8,17H2,(H,18,19);1H. The fraction of sp³-hybridized carbons (Fsp3) is 0.500. The summed E-state index contributed by atoms with van der Waals surface area (Å²) in [4.78, 5) is 12.0. The fourth-order valence-electron chi connectivity index (χ4n) is 2.60. The Morgan fingerprint density at radius 1 is 1.30 bits per heavy atom. The van der Waals surface area contributed by atoms with Crippen molar-refractivity contribution in [1.29, 1.82) is 0 Å². The minimum Gasteiger partial charge on any atom is -0.349 e. The van der Waals surface area contributed by atoms with Crippen LogP contribution in [0.2, 0.25) is 0 Å². The molecule has 20 heavy (non-hydrogen) atoms. The molecule has 1 aliphatic carbocycles. The van der Waals surface area contributed by atoms with E-state index in [1.165, 1.54) is 6.07 Å². The maximum Gasteiger partial charge on any atom is 0.254 e. The highest BCUT2D eigenvalue weighted by molar-refractivity contribution is 5.94. The summed E-state index contributed by atoms with van der Waals surface area (Å²) in [5.41, 5.74) is 5.56. The van der Waals surface area contributed by atoms with Gasteiger partial charge in [0, 0.05) is 12.1 Å². The van der Waals surface area contributed by atoms with E-state index in [-0.39, 0.29) is 29.9 Å². The minimum atomic E-state index is -0.836. The number of hydrogen-bond acceptors (Lipinski definition) is 2. The minimum absolute atomic E-state index is 0. The quantitative estimate of drug-likeness (QED) is 0.902. The molecule has 0 radical (unpaired) electrons. The maximum absolute atomic E-state index is 13.5. The summed E-state index contributed by atoms with van der Waals surface area (Å²) in [5.74, 6) is -1.78. The molecule has 1 amide bonds. The summed E-state index contributed by atoms with van der Waals surface area (Å²) < 4.78 is 26.3. The summed E-state index contributed by atoms with van der Waals surface area (Å²) >= 11 is 0. The Balaban J connectivity index is 0.00000200. The molecule has 3 N–H and O–H groups in total. The highest BCUT2D eigenvalue weighted by Crippen LogP contribution is 2.24. The third-order valence-corrected chi connectivity index (χ3v) is 3.70. The Labute approximate surface area is 123 Å². The average molecular weight is 305 g/mol. The summed E-state index contributed by atoms with van der Waals surface area (Å²) in [6.07, 6.45) is 3.98. The van der Waals surface area contributed by atoms with Gasteiger partial charge in [-0.25, -0.2) is 8.78 Å². The lowest BCUT2D eigenvalue weighted by Crippen LogP contribution is -2.44. The second-order valence-electron chi connectivity index (χ2n) is 4.98. The largest absolute Gasteiger partial charge is 0.349 e. The van der Waals surface area contributed by atoms with Crippen molar-refractivity contribution in [3.05, 3.63) is 35.4 Å².